The van der Waals surface area contributed by atoms with Gasteiger partial charge in [0.1, 0.15) is 0 Å². The molecule has 11 heteroatoms. The Morgan fingerprint density at radius 3 is 2.62 bits per heavy atom. The molecule has 4 heterocycles. The van der Waals surface area contributed by atoms with Crippen molar-refractivity contribution in [1.82, 2.24) is 19.4 Å². The first-order valence-electron chi connectivity index (χ1n) is 13.4. The standard InChI is InChI=1S/C28H27N5O3S.C3H3ClO/c1-2-25(35)32-12-10-28(17-32)14-20(15-28)33-22-6-4-3-5-21(22)30-27(33)31-26(36)24-8-7-23(37-24)18-9-11-29-19(13-18)16-34;1-2-3(4)5/h2-9,11,13,20,34H,1,10,12,14-17H2,(H,30,31,36);2H,1H2. The Balaban J connectivity index is 0.000000652. The van der Waals surface area contributed by atoms with Gasteiger partial charge in [-0.1, -0.05) is 25.3 Å². The van der Waals surface area contributed by atoms with Crippen LogP contribution in [0, 0.1) is 5.41 Å². The van der Waals surface area contributed by atoms with Crippen molar-refractivity contribution in [1.29, 1.82) is 0 Å². The summed E-state index contributed by atoms with van der Waals surface area (Å²) in [5, 5.41) is 11.9. The van der Waals surface area contributed by atoms with Crippen molar-refractivity contribution in [3.05, 3.63) is 90.6 Å². The van der Waals surface area contributed by atoms with E-state index in [1.54, 1.807) is 6.20 Å². The van der Waals surface area contributed by atoms with Gasteiger partial charge in [0.2, 0.25) is 17.1 Å². The molecular formula is C31H30ClN5O4S. The third-order valence-electron chi connectivity index (χ3n) is 7.70. The van der Waals surface area contributed by atoms with Crippen LogP contribution in [0.4, 0.5) is 5.95 Å². The molecule has 1 saturated heterocycles. The molecule has 2 N–H and O–H groups in total. The fourth-order valence-corrected chi connectivity index (χ4v) is 6.60. The zero-order valence-corrected chi connectivity index (χ0v) is 24.4. The normalized spacial score (nSPS) is 19.1. The van der Waals surface area contributed by atoms with E-state index in [9.17, 15) is 19.5 Å². The highest BCUT2D eigenvalue weighted by atomic mass is 35.5. The maximum atomic E-state index is 13.3. The summed E-state index contributed by atoms with van der Waals surface area (Å²) in [4.78, 5) is 47.1. The molecule has 0 bridgehead atoms. The van der Waals surface area contributed by atoms with Crippen LogP contribution in [0.5, 0.6) is 0 Å². The van der Waals surface area contributed by atoms with Gasteiger partial charge in [-0.25, -0.2) is 4.98 Å². The number of nitrogens with one attached hydrogen (secondary N) is 1. The van der Waals surface area contributed by atoms with Crippen molar-refractivity contribution in [2.24, 2.45) is 5.41 Å². The van der Waals surface area contributed by atoms with Crippen molar-refractivity contribution in [2.75, 3.05) is 18.4 Å². The van der Waals surface area contributed by atoms with Gasteiger partial charge in [0, 0.05) is 30.2 Å². The molecule has 4 aromatic rings. The van der Waals surface area contributed by atoms with E-state index in [4.69, 9.17) is 16.6 Å². The van der Waals surface area contributed by atoms with Gasteiger partial charge in [-0.05, 0) is 90.4 Å². The van der Waals surface area contributed by atoms with Gasteiger partial charge in [0.15, 0.2) is 0 Å². The van der Waals surface area contributed by atoms with Crippen LogP contribution in [0.2, 0.25) is 0 Å². The molecule has 1 aromatic carbocycles. The van der Waals surface area contributed by atoms with E-state index < -0.39 is 5.24 Å². The number of aromatic nitrogens is 3. The fourth-order valence-electron chi connectivity index (χ4n) is 5.71. The maximum absolute atomic E-state index is 13.3. The molecule has 216 valence electrons. The number of rotatable bonds is 7. The third-order valence-corrected chi connectivity index (χ3v) is 8.99. The number of nitrogens with zero attached hydrogens (tertiary/aromatic N) is 4. The van der Waals surface area contributed by atoms with Crippen molar-refractivity contribution in [2.45, 2.75) is 31.9 Å². The lowest BCUT2D eigenvalue weighted by Crippen LogP contribution is -2.42. The molecule has 0 unspecified atom stereocenters. The van der Waals surface area contributed by atoms with Gasteiger partial charge >= 0.3 is 0 Å². The number of amides is 2. The quantitative estimate of drug-likeness (QED) is 0.210. The molecule has 0 radical (unpaired) electrons. The molecule has 2 fully saturated rings. The summed E-state index contributed by atoms with van der Waals surface area (Å²) < 4.78 is 2.15. The summed E-state index contributed by atoms with van der Waals surface area (Å²) in [6.45, 7) is 8.09. The van der Waals surface area contributed by atoms with Crippen LogP contribution in [-0.4, -0.2) is 54.7 Å². The van der Waals surface area contributed by atoms with Crippen molar-refractivity contribution in [3.8, 4) is 10.4 Å². The number of fused-ring (bicyclic) bond motifs is 1. The predicted octanol–water partition coefficient (Wildman–Crippen LogP) is 5.58. The largest absolute Gasteiger partial charge is 0.390 e. The summed E-state index contributed by atoms with van der Waals surface area (Å²) in [5.41, 5.74) is 3.46. The third kappa shape index (κ3) is 6.06. The van der Waals surface area contributed by atoms with E-state index in [1.165, 1.54) is 17.4 Å². The average molecular weight is 604 g/mol. The number of halogens is 1. The van der Waals surface area contributed by atoms with Gasteiger partial charge in [-0.15, -0.1) is 11.3 Å². The Kier molecular flexibility index (Phi) is 8.67. The van der Waals surface area contributed by atoms with Crippen molar-refractivity contribution < 1.29 is 19.5 Å². The number of likely N-dealkylation sites (tertiary alicyclic amines) is 1. The number of para-hydroxylation sites is 2. The number of allylic oxidation sites excluding steroid dienone is 1. The minimum Gasteiger partial charge on any atom is -0.390 e. The summed E-state index contributed by atoms with van der Waals surface area (Å²) in [6.07, 6.45) is 6.96. The number of benzene rings is 1. The van der Waals surface area contributed by atoms with Crippen LogP contribution in [-0.2, 0) is 16.2 Å². The molecule has 9 nitrogen and oxygen atoms in total. The minimum absolute atomic E-state index is 0.00368. The lowest BCUT2D eigenvalue weighted by Gasteiger charge is -2.46. The number of carbonyl (C=O) groups excluding carboxylic acids is 3. The van der Waals surface area contributed by atoms with Crippen LogP contribution in [0.3, 0.4) is 0 Å². The second kappa shape index (κ2) is 12.4. The second-order valence-electron chi connectivity index (χ2n) is 10.4. The van der Waals surface area contributed by atoms with Crippen LogP contribution < -0.4 is 5.32 Å². The first-order valence-corrected chi connectivity index (χ1v) is 14.6. The minimum atomic E-state index is -0.509. The van der Waals surface area contributed by atoms with Crippen LogP contribution in [0.1, 0.15) is 40.7 Å². The van der Waals surface area contributed by atoms with Gasteiger partial charge in [-0.3, -0.25) is 24.7 Å². The Labute approximate surface area is 252 Å². The van der Waals surface area contributed by atoms with E-state index >= 15 is 0 Å². The molecule has 2 amide bonds. The molecule has 3 aromatic heterocycles. The number of aliphatic hydroxyl groups excluding tert-OH is 1. The first kappa shape index (κ1) is 29.4. The molecule has 0 atom stereocenters. The summed E-state index contributed by atoms with van der Waals surface area (Å²) in [6, 6.07) is 15.5. The highest BCUT2D eigenvalue weighted by Gasteiger charge is 2.50. The average Bonchev–Trinajstić information content (AvgIpc) is 3.74. The smallest absolute Gasteiger partial charge is 0.268 e. The molecule has 42 heavy (non-hydrogen) atoms. The monoisotopic (exact) mass is 603 g/mol. The van der Waals surface area contributed by atoms with Crippen LogP contribution >= 0.6 is 22.9 Å². The van der Waals surface area contributed by atoms with Crippen molar-refractivity contribution >= 4 is 57.0 Å². The van der Waals surface area contributed by atoms with E-state index in [1.807, 2.05) is 53.4 Å². The van der Waals surface area contributed by atoms with E-state index in [0.29, 0.717) is 16.5 Å². The highest BCUT2D eigenvalue weighted by Crippen LogP contribution is 2.55. The van der Waals surface area contributed by atoms with Crippen molar-refractivity contribution in [3.63, 3.8) is 0 Å². The molecule has 1 saturated carbocycles. The summed E-state index contributed by atoms with van der Waals surface area (Å²) >= 11 is 6.09. The van der Waals surface area contributed by atoms with E-state index in [0.717, 1.165) is 59.9 Å². The highest BCUT2D eigenvalue weighted by molar-refractivity contribution is 7.17. The number of carbonyl (C=O) groups is 3. The lowest BCUT2D eigenvalue weighted by atomic mass is 9.65. The number of aliphatic hydroxyl groups is 1. The fraction of sp³-hybridized carbons (Fsp3) is 0.258. The molecule has 2 aliphatic rings. The number of anilines is 1. The first-order chi connectivity index (χ1) is 20.3. The van der Waals surface area contributed by atoms with Gasteiger partial charge < -0.3 is 14.6 Å². The molecule has 1 spiro atoms. The number of thiophene rings is 1. The number of hydrogen-bond acceptors (Lipinski definition) is 7. The number of imidazole rings is 1. The maximum Gasteiger partial charge on any atom is 0.268 e. The predicted molar refractivity (Wildman–Crippen MR) is 164 cm³/mol. The Bertz CT molecular complexity index is 1670. The van der Waals surface area contributed by atoms with Gasteiger partial charge in [-0.2, -0.15) is 0 Å². The number of hydrogen-bond donors (Lipinski definition) is 2. The van der Waals surface area contributed by atoms with E-state index in [2.05, 4.69) is 28.0 Å². The molecule has 6 rings (SSSR count). The lowest BCUT2D eigenvalue weighted by molar-refractivity contribution is -0.125. The van der Waals surface area contributed by atoms with Gasteiger partial charge in [0.25, 0.3) is 5.91 Å². The molecule has 1 aliphatic heterocycles. The molecular weight excluding hydrogens is 574 g/mol. The zero-order chi connectivity index (χ0) is 29.9. The SMILES string of the molecule is C=CC(=O)Cl.C=CC(=O)N1CCC2(CC(n3c(NC(=O)c4ccc(-c5ccnc(CO)c5)s4)nc4ccccc43)C2)C1. The Morgan fingerprint density at radius 2 is 1.90 bits per heavy atom. The Morgan fingerprint density at radius 1 is 1.14 bits per heavy atom. The van der Waals surface area contributed by atoms with E-state index in [-0.39, 0.29) is 29.9 Å². The number of pyridine rings is 1. The Hall–Kier alpha value is -4.12. The zero-order valence-electron chi connectivity index (χ0n) is 22.8. The van der Waals surface area contributed by atoms with Gasteiger partial charge in [0.05, 0.1) is 28.2 Å². The summed E-state index contributed by atoms with van der Waals surface area (Å²) in [7, 11) is 0. The van der Waals surface area contributed by atoms with Crippen LogP contribution in [0.15, 0.2) is 80.0 Å². The molecule has 1 aliphatic carbocycles. The van der Waals surface area contributed by atoms with Crippen LogP contribution in [0.25, 0.3) is 21.5 Å². The second-order valence-corrected chi connectivity index (χ2v) is 11.8. The topological polar surface area (TPSA) is 117 Å². The summed E-state index contributed by atoms with van der Waals surface area (Å²) in [5.74, 6) is 0.336.